The van der Waals surface area contributed by atoms with Crippen LogP contribution in [0, 0.1) is 0 Å². The predicted molar refractivity (Wildman–Crippen MR) is 291 cm³/mol. The van der Waals surface area contributed by atoms with Gasteiger partial charge in [0.25, 0.3) is 0 Å². The van der Waals surface area contributed by atoms with Gasteiger partial charge >= 0.3 is 0 Å². The smallest absolute Gasteiger partial charge is 0.220 e. The van der Waals surface area contributed by atoms with Crippen LogP contribution in [0.3, 0.4) is 0 Å². The molecule has 9 N–H and O–H groups in total. The van der Waals surface area contributed by atoms with E-state index >= 15 is 0 Å². The van der Waals surface area contributed by atoms with E-state index in [-0.39, 0.29) is 18.9 Å². The molecule has 0 aromatic rings. The van der Waals surface area contributed by atoms with Crippen LogP contribution in [0.4, 0.5) is 0 Å². The summed E-state index contributed by atoms with van der Waals surface area (Å²) < 4.78 is 22.7. The van der Waals surface area contributed by atoms with Gasteiger partial charge in [-0.3, -0.25) is 4.79 Å². The number of unbranched alkanes of at least 4 members (excludes halogenated alkanes) is 36. The molecular formula is C59H113NO13. The lowest BCUT2D eigenvalue weighted by molar-refractivity contribution is -0.359. The van der Waals surface area contributed by atoms with Crippen LogP contribution >= 0.6 is 0 Å². The zero-order chi connectivity index (χ0) is 53.2. The summed E-state index contributed by atoms with van der Waals surface area (Å²) in [4.78, 5) is 13.2. The van der Waals surface area contributed by atoms with Crippen LogP contribution in [-0.4, -0.2) is 140 Å². The molecule has 2 heterocycles. The Hall–Kier alpha value is -1.27. The highest BCUT2D eigenvalue weighted by Crippen LogP contribution is 2.30. The van der Waals surface area contributed by atoms with E-state index in [1.807, 2.05) is 6.08 Å². The van der Waals surface area contributed by atoms with Gasteiger partial charge in [0.2, 0.25) is 5.91 Å². The fourth-order valence-electron chi connectivity index (χ4n) is 10.3. The van der Waals surface area contributed by atoms with E-state index in [9.17, 15) is 45.6 Å². The number of hydrogen-bond donors (Lipinski definition) is 9. The lowest BCUT2D eigenvalue weighted by Crippen LogP contribution is -2.65. The van der Waals surface area contributed by atoms with E-state index in [0.717, 1.165) is 38.5 Å². The zero-order valence-electron chi connectivity index (χ0n) is 46.4. The first-order valence-electron chi connectivity index (χ1n) is 30.4. The number of allylic oxidation sites excluding steroid dienone is 1. The number of nitrogens with one attached hydrogen (secondary N) is 1. The van der Waals surface area contributed by atoms with E-state index in [0.29, 0.717) is 6.42 Å². The van der Waals surface area contributed by atoms with Crippen LogP contribution in [0.1, 0.15) is 264 Å². The molecule has 0 bridgehead atoms. The van der Waals surface area contributed by atoms with Crippen LogP contribution < -0.4 is 5.32 Å². The third-order valence-electron chi connectivity index (χ3n) is 15.2. The van der Waals surface area contributed by atoms with Gasteiger partial charge in [0.1, 0.15) is 48.8 Å². The standard InChI is InChI=1S/C59H113NO13/c1-3-5-7-9-11-13-14-15-16-17-18-19-20-21-22-23-24-25-26-27-28-29-30-31-32-33-35-37-39-41-43-51(64)60-47(48(63)42-40-38-36-34-12-10-8-6-4-2)46-70-58-56(69)54(67)57(50(45-62)72-58)73-59-55(68)53(66)52(65)49(44-61)71-59/h40,42,47-50,52-59,61-63,65-69H,3-39,41,43-46H2,1-2H3,(H,60,64)/b42-40+. The second-order valence-electron chi connectivity index (χ2n) is 21.8. The molecule has 14 nitrogen and oxygen atoms in total. The van der Waals surface area contributed by atoms with Crippen molar-refractivity contribution in [3.63, 3.8) is 0 Å². The van der Waals surface area contributed by atoms with Gasteiger partial charge in [-0.15, -0.1) is 0 Å². The predicted octanol–water partition coefficient (Wildman–Crippen LogP) is 10.3. The Morgan fingerprint density at radius 3 is 1.26 bits per heavy atom. The van der Waals surface area contributed by atoms with Gasteiger partial charge in [-0.05, 0) is 19.3 Å². The van der Waals surface area contributed by atoms with Gasteiger partial charge < -0.3 is 65.1 Å². The summed E-state index contributed by atoms with van der Waals surface area (Å²) in [5.74, 6) is -0.236. The maximum atomic E-state index is 13.2. The molecule has 2 saturated heterocycles. The molecule has 0 spiro atoms. The highest BCUT2D eigenvalue weighted by atomic mass is 16.7. The first-order valence-corrected chi connectivity index (χ1v) is 30.4. The van der Waals surface area contributed by atoms with Crippen LogP contribution in [0.2, 0.25) is 0 Å². The summed E-state index contributed by atoms with van der Waals surface area (Å²) in [5, 5.41) is 86.8. The van der Waals surface area contributed by atoms with Gasteiger partial charge in [0.15, 0.2) is 12.6 Å². The normalized spacial score (nSPS) is 25.4. The van der Waals surface area contributed by atoms with Crippen molar-refractivity contribution in [1.29, 1.82) is 0 Å². The Morgan fingerprint density at radius 1 is 0.479 bits per heavy atom. The van der Waals surface area contributed by atoms with Crippen molar-refractivity contribution in [1.82, 2.24) is 5.32 Å². The first-order chi connectivity index (χ1) is 35.6. The molecule has 73 heavy (non-hydrogen) atoms. The number of amides is 1. The van der Waals surface area contributed by atoms with E-state index in [4.69, 9.17) is 18.9 Å². The van der Waals surface area contributed by atoms with Crippen molar-refractivity contribution in [2.75, 3.05) is 19.8 Å². The average molecular weight is 1040 g/mol. The first kappa shape index (κ1) is 67.8. The molecule has 2 aliphatic rings. The Labute approximate surface area is 444 Å². The number of carbonyl (C=O) groups excluding carboxylic acids is 1. The lowest BCUT2D eigenvalue weighted by Gasteiger charge is -2.46. The SMILES string of the molecule is CCCCCCCCC/C=C/C(O)C(COC1OC(CO)C(OC2OC(CO)C(O)C(O)C2O)C(O)C1O)NC(=O)CCCCCCCCCCCCCCCCCCCCCCCCCCCCCCCC. The molecule has 12 unspecified atom stereocenters. The number of hydrogen-bond acceptors (Lipinski definition) is 13. The summed E-state index contributed by atoms with van der Waals surface area (Å²) in [6.07, 6.45) is 35.9. The second-order valence-corrected chi connectivity index (χ2v) is 21.8. The van der Waals surface area contributed by atoms with Crippen molar-refractivity contribution < 1.29 is 64.6 Å². The monoisotopic (exact) mass is 1040 g/mol. The maximum Gasteiger partial charge on any atom is 0.220 e. The molecule has 0 aromatic carbocycles. The lowest BCUT2D eigenvalue weighted by atomic mass is 9.97. The minimum absolute atomic E-state index is 0.236. The fraction of sp³-hybridized carbons (Fsp3) is 0.949. The van der Waals surface area contributed by atoms with E-state index in [1.165, 1.54) is 199 Å². The number of aliphatic hydroxyl groups is 8. The topological polar surface area (TPSA) is 228 Å². The van der Waals surface area contributed by atoms with Crippen molar-refractivity contribution >= 4 is 5.91 Å². The summed E-state index contributed by atoms with van der Waals surface area (Å²) >= 11 is 0. The Bertz CT molecular complexity index is 1280. The van der Waals surface area contributed by atoms with Crippen molar-refractivity contribution in [2.24, 2.45) is 0 Å². The van der Waals surface area contributed by atoms with Crippen LogP contribution in [-0.2, 0) is 23.7 Å². The molecule has 0 radical (unpaired) electrons. The van der Waals surface area contributed by atoms with Crippen LogP contribution in [0.15, 0.2) is 12.2 Å². The van der Waals surface area contributed by atoms with E-state index < -0.39 is 86.8 Å². The third kappa shape index (κ3) is 31.7. The van der Waals surface area contributed by atoms with Gasteiger partial charge in [-0.2, -0.15) is 0 Å². The van der Waals surface area contributed by atoms with Gasteiger partial charge in [0.05, 0.1) is 32.0 Å². The number of carbonyl (C=O) groups is 1. The summed E-state index contributed by atoms with van der Waals surface area (Å²) in [5.41, 5.74) is 0. The quantitative estimate of drug-likeness (QED) is 0.0204. The minimum Gasteiger partial charge on any atom is -0.394 e. The zero-order valence-corrected chi connectivity index (χ0v) is 46.4. The van der Waals surface area contributed by atoms with Crippen LogP contribution in [0.5, 0.6) is 0 Å². The number of aliphatic hydroxyl groups excluding tert-OH is 8. The largest absolute Gasteiger partial charge is 0.394 e. The Kier molecular flexibility index (Phi) is 42.5. The molecule has 14 heteroatoms. The Balaban J connectivity index is 1.61. The molecule has 1 amide bonds. The van der Waals surface area contributed by atoms with Gasteiger partial charge in [-0.25, -0.2) is 0 Å². The molecule has 432 valence electrons. The molecule has 12 atom stereocenters. The highest BCUT2D eigenvalue weighted by Gasteiger charge is 2.51. The third-order valence-corrected chi connectivity index (χ3v) is 15.2. The minimum atomic E-state index is -1.78. The second kappa shape index (κ2) is 45.7. The molecule has 0 saturated carbocycles. The molecule has 0 aliphatic carbocycles. The highest BCUT2D eigenvalue weighted by molar-refractivity contribution is 5.76. The maximum absolute atomic E-state index is 13.2. The molecule has 2 fully saturated rings. The summed E-state index contributed by atoms with van der Waals surface area (Å²) in [6, 6.07) is -0.907. The molecule has 2 aliphatic heterocycles. The molecular weight excluding hydrogens is 931 g/mol. The van der Waals surface area contributed by atoms with Crippen molar-refractivity contribution in [2.45, 2.75) is 338 Å². The van der Waals surface area contributed by atoms with Gasteiger partial charge in [0, 0.05) is 6.42 Å². The van der Waals surface area contributed by atoms with Gasteiger partial charge in [-0.1, -0.05) is 251 Å². The number of rotatable bonds is 49. The number of ether oxygens (including phenoxy) is 4. The summed E-state index contributed by atoms with van der Waals surface area (Å²) in [7, 11) is 0. The van der Waals surface area contributed by atoms with Crippen LogP contribution in [0.25, 0.3) is 0 Å². The van der Waals surface area contributed by atoms with E-state index in [1.54, 1.807) is 6.08 Å². The average Bonchev–Trinajstić information content (AvgIpc) is 3.39. The van der Waals surface area contributed by atoms with E-state index in [2.05, 4.69) is 19.2 Å². The fourth-order valence-corrected chi connectivity index (χ4v) is 10.3. The van der Waals surface area contributed by atoms with Crippen molar-refractivity contribution in [3.8, 4) is 0 Å². The van der Waals surface area contributed by atoms with Crippen molar-refractivity contribution in [3.05, 3.63) is 12.2 Å². The molecule has 0 aromatic heterocycles. The molecule has 2 rings (SSSR count). The summed E-state index contributed by atoms with van der Waals surface area (Å²) in [6.45, 7) is 2.78. The Morgan fingerprint density at radius 2 is 0.849 bits per heavy atom.